The van der Waals surface area contributed by atoms with E-state index in [1.165, 1.54) is 6.07 Å². The topological polar surface area (TPSA) is 64.3 Å². The van der Waals surface area contributed by atoms with E-state index >= 15 is 0 Å². The third-order valence-electron chi connectivity index (χ3n) is 3.36. The van der Waals surface area contributed by atoms with Gasteiger partial charge in [0.25, 0.3) is 0 Å². The molecule has 7 heteroatoms. The SMILES string of the molecule is CN(CCOc1ccccc1F)Cc1nc(-c2cccnc2)no1. The molecule has 24 heavy (non-hydrogen) atoms. The Hall–Kier alpha value is -2.80. The van der Waals surface area contributed by atoms with Crippen molar-refractivity contribution in [2.45, 2.75) is 6.54 Å². The highest BCUT2D eigenvalue weighted by molar-refractivity contribution is 5.51. The summed E-state index contributed by atoms with van der Waals surface area (Å²) in [4.78, 5) is 10.3. The summed E-state index contributed by atoms with van der Waals surface area (Å²) in [7, 11) is 1.90. The molecule has 0 N–H and O–H groups in total. The average Bonchev–Trinajstić information content (AvgIpc) is 3.06. The number of likely N-dealkylation sites (N-methyl/N-ethyl adjacent to an activating group) is 1. The van der Waals surface area contributed by atoms with Crippen LogP contribution < -0.4 is 4.74 Å². The number of rotatable bonds is 7. The van der Waals surface area contributed by atoms with Crippen molar-refractivity contribution in [2.75, 3.05) is 20.2 Å². The Morgan fingerprint density at radius 1 is 1.21 bits per heavy atom. The fourth-order valence-electron chi connectivity index (χ4n) is 2.11. The number of benzene rings is 1. The summed E-state index contributed by atoms with van der Waals surface area (Å²) in [5.41, 5.74) is 0.804. The van der Waals surface area contributed by atoms with Crippen LogP contribution in [-0.4, -0.2) is 40.2 Å². The summed E-state index contributed by atoms with van der Waals surface area (Å²) < 4.78 is 24.1. The third-order valence-corrected chi connectivity index (χ3v) is 3.36. The summed E-state index contributed by atoms with van der Waals surface area (Å²) in [5, 5.41) is 3.95. The first-order valence-electron chi connectivity index (χ1n) is 7.51. The minimum atomic E-state index is -0.363. The number of halogens is 1. The van der Waals surface area contributed by atoms with Gasteiger partial charge in [0.2, 0.25) is 11.7 Å². The van der Waals surface area contributed by atoms with Crippen molar-refractivity contribution in [1.29, 1.82) is 0 Å². The second kappa shape index (κ2) is 7.65. The number of ether oxygens (including phenoxy) is 1. The lowest BCUT2D eigenvalue weighted by atomic mass is 10.3. The van der Waals surface area contributed by atoms with E-state index in [4.69, 9.17) is 9.26 Å². The monoisotopic (exact) mass is 328 g/mol. The van der Waals surface area contributed by atoms with Crippen molar-refractivity contribution in [3.05, 3.63) is 60.5 Å². The van der Waals surface area contributed by atoms with E-state index in [-0.39, 0.29) is 11.6 Å². The highest BCUT2D eigenvalue weighted by Crippen LogP contribution is 2.16. The third kappa shape index (κ3) is 4.14. The first kappa shape index (κ1) is 16.1. The lowest BCUT2D eigenvalue weighted by Crippen LogP contribution is -2.24. The molecule has 124 valence electrons. The van der Waals surface area contributed by atoms with Gasteiger partial charge in [-0.2, -0.15) is 4.98 Å². The van der Waals surface area contributed by atoms with E-state index in [1.54, 1.807) is 30.6 Å². The summed E-state index contributed by atoms with van der Waals surface area (Å²) >= 11 is 0. The fraction of sp³-hybridized carbons (Fsp3) is 0.235. The molecule has 0 aliphatic heterocycles. The molecule has 3 aromatic rings. The standard InChI is InChI=1S/C17H17FN4O2/c1-22(9-10-23-15-7-3-2-6-14(15)18)12-16-20-17(21-24-16)13-5-4-8-19-11-13/h2-8,11H,9-10,12H2,1H3. The molecular weight excluding hydrogens is 311 g/mol. The maximum absolute atomic E-state index is 13.4. The second-order valence-electron chi connectivity index (χ2n) is 5.27. The van der Waals surface area contributed by atoms with Crippen LogP contribution in [0, 0.1) is 5.82 Å². The van der Waals surface area contributed by atoms with E-state index in [0.29, 0.717) is 31.4 Å². The minimum absolute atomic E-state index is 0.252. The van der Waals surface area contributed by atoms with Crippen LogP contribution in [0.25, 0.3) is 11.4 Å². The van der Waals surface area contributed by atoms with E-state index in [2.05, 4.69) is 15.1 Å². The number of hydrogen-bond donors (Lipinski definition) is 0. The van der Waals surface area contributed by atoms with Crippen molar-refractivity contribution in [3.63, 3.8) is 0 Å². The lowest BCUT2D eigenvalue weighted by Gasteiger charge is -2.14. The minimum Gasteiger partial charge on any atom is -0.489 e. The van der Waals surface area contributed by atoms with Crippen molar-refractivity contribution in [1.82, 2.24) is 20.0 Å². The van der Waals surface area contributed by atoms with Gasteiger partial charge >= 0.3 is 0 Å². The Morgan fingerprint density at radius 3 is 2.88 bits per heavy atom. The molecule has 0 bridgehead atoms. The van der Waals surface area contributed by atoms with Crippen LogP contribution in [0.1, 0.15) is 5.89 Å². The van der Waals surface area contributed by atoms with Gasteiger partial charge in [0.05, 0.1) is 6.54 Å². The smallest absolute Gasteiger partial charge is 0.241 e. The highest BCUT2D eigenvalue weighted by atomic mass is 19.1. The molecule has 0 spiro atoms. The van der Waals surface area contributed by atoms with Crippen LogP contribution >= 0.6 is 0 Å². The summed E-state index contributed by atoms with van der Waals surface area (Å²) in [6, 6.07) is 10.0. The molecule has 2 aromatic heterocycles. The molecule has 2 heterocycles. The maximum atomic E-state index is 13.4. The van der Waals surface area contributed by atoms with Crippen molar-refractivity contribution >= 4 is 0 Å². The largest absolute Gasteiger partial charge is 0.489 e. The normalized spacial score (nSPS) is 11.0. The van der Waals surface area contributed by atoms with Gasteiger partial charge in [0.1, 0.15) is 6.61 Å². The molecule has 1 aromatic carbocycles. The number of hydrogen-bond acceptors (Lipinski definition) is 6. The summed E-state index contributed by atoms with van der Waals surface area (Å²) in [5.74, 6) is 0.900. The Kier molecular flexibility index (Phi) is 5.12. The van der Waals surface area contributed by atoms with Crippen LogP contribution in [0.4, 0.5) is 4.39 Å². The number of para-hydroxylation sites is 1. The van der Waals surface area contributed by atoms with Gasteiger partial charge in [-0.05, 0) is 31.3 Å². The molecule has 0 unspecified atom stereocenters. The Morgan fingerprint density at radius 2 is 2.08 bits per heavy atom. The molecule has 0 radical (unpaired) electrons. The van der Waals surface area contributed by atoms with Crippen LogP contribution in [0.5, 0.6) is 5.75 Å². The number of aromatic nitrogens is 3. The first-order chi connectivity index (χ1) is 11.7. The molecule has 0 atom stereocenters. The summed E-state index contributed by atoms with van der Waals surface area (Å²) in [6.45, 7) is 1.44. The fourth-order valence-corrected chi connectivity index (χ4v) is 2.11. The molecule has 0 aliphatic rings. The van der Waals surface area contributed by atoms with E-state index < -0.39 is 0 Å². The van der Waals surface area contributed by atoms with Crippen LogP contribution in [0.15, 0.2) is 53.3 Å². The van der Waals surface area contributed by atoms with Crippen molar-refractivity contribution in [3.8, 4) is 17.1 Å². The second-order valence-corrected chi connectivity index (χ2v) is 5.27. The zero-order chi connectivity index (χ0) is 16.8. The van der Waals surface area contributed by atoms with Gasteiger partial charge in [-0.3, -0.25) is 9.88 Å². The predicted octanol–water partition coefficient (Wildman–Crippen LogP) is 2.78. The van der Waals surface area contributed by atoms with Crippen LogP contribution in [0.3, 0.4) is 0 Å². The Bertz CT molecular complexity index is 779. The van der Waals surface area contributed by atoms with E-state index in [1.807, 2.05) is 24.1 Å². The summed E-state index contributed by atoms with van der Waals surface area (Å²) in [6.07, 6.45) is 3.37. The molecule has 0 saturated heterocycles. The zero-order valence-corrected chi connectivity index (χ0v) is 13.2. The van der Waals surface area contributed by atoms with Gasteiger partial charge in [0.15, 0.2) is 11.6 Å². The van der Waals surface area contributed by atoms with Crippen LogP contribution in [-0.2, 0) is 6.54 Å². The highest BCUT2D eigenvalue weighted by Gasteiger charge is 2.11. The molecule has 0 fully saturated rings. The molecular formula is C17H17FN4O2. The Balaban J connectivity index is 1.50. The molecule has 0 saturated carbocycles. The zero-order valence-electron chi connectivity index (χ0n) is 13.2. The number of pyridine rings is 1. The van der Waals surface area contributed by atoms with Crippen LogP contribution in [0.2, 0.25) is 0 Å². The first-order valence-corrected chi connectivity index (χ1v) is 7.51. The van der Waals surface area contributed by atoms with Gasteiger partial charge in [-0.15, -0.1) is 0 Å². The van der Waals surface area contributed by atoms with Gasteiger partial charge in [0, 0.05) is 24.5 Å². The van der Waals surface area contributed by atoms with Crippen molar-refractivity contribution in [2.24, 2.45) is 0 Å². The predicted molar refractivity (Wildman–Crippen MR) is 85.8 cm³/mol. The van der Waals surface area contributed by atoms with E-state index in [0.717, 1.165) is 5.56 Å². The van der Waals surface area contributed by atoms with Crippen molar-refractivity contribution < 1.29 is 13.7 Å². The lowest BCUT2D eigenvalue weighted by molar-refractivity contribution is 0.208. The van der Waals surface area contributed by atoms with Gasteiger partial charge in [-0.1, -0.05) is 17.3 Å². The van der Waals surface area contributed by atoms with Gasteiger partial charge < -0.3 is 9.26 Å². The molecule has 0 amide bonds. The Labute approximate surface area is 138 Å². The molecule has 0 aliphatic carbocycles. The maximum Gasteiger partial charge on any atom is 0.241 e. The molecule has 6 nitrogen and oxygen atoms in total. The average molecular weight is 328 g/mol. The van der Waals surface area contributed by atoms with E-state index in [9.17, 15) is 4.39 Å². The molecule has 3 rings (SSSR count). The quantitative estimate of drug-likeness (QED) is 0.664. The number of nitrogens with zero attached hydrogens (tertiary/aromatic N) is 4. The van der Waals surface area contributed by atoms with Gasteiger partial charge in [-0.25, -0.2) is 4.39 Å².